The fraction of sp³-hybridized carbons (Fsp3) is 0.462. The van der Waals surface area contributed by atoms with Gasteiger partial charge in [-0.3, -0.25) is 9.69 Å². The van der Waals surface area contributed by atoms with Crippen LogP contribution in [-0.4, -0.2) is 56.0 Å². The summed E-state index contributed by atoms with van der Waals surface area (Å²) in [5.41, 5.74) is 2.38. The number of amides is 1. The van der Waals surface area contributed by atoms with Gasteiger partial charge in [0.1, 0.15) is 0 Å². The maximum absolute atomic E-state index is 13.7. The minimum atomic E-state index is -3.60. The monoisotopic (exact) mass is 515 g/mol. The molecule has 0 saturated carbocycles. The van der Waals surface area contributed by atoms with E-state index in [0.29, 0.717) is 36.9 Å². The summed E-state index contributed by atoms with van der Waals surface area (Å²) in [6.45, 7) is 7.90. The number of rotatable bonds is 10. The Morgan fingerprint density at radius 2 is 1.94 bits per heavy atom. The smallest absolute Gasteiger partial charge is 0.260 e. The molecule has 2 aromatic carbocycles. The molecule has 3 aromatic rings. The number of anilines is 1. The van der Waals surface area contributed by atoms with Crippen LogP contribution in [0.4, 0.5) is 5.13 Å². The summed E-state index contributed by atoms with van der Waals surface area (Å²) < 4.78 is 34.5. The first-order valence-corrected chi connectivity index (χ1v) is 14.5. The van der Waals surface area contributed by atoms with Crippen molar-refractivity contribution in [3.63, 3.8) is 0 Å². The number of nitrogens with zero attached hydrogens (tertiary/aromatic N) is 3. The molecule has 1 atom stereocenters. The van der Waals surface area contributed by atoms with Crippen LogP contribution >= 0.6 is 11.3 Å². The Morgan fingerprint density at radius 1 is 1.17 bits per heavy atom. The van der Waals surface area contributed by atoms with E-state index in [0.717, 1.165) is 41.5 Å². The molecular weight excluding hydrogens is 482 g/mol. The van der Waals surface area contributed by atoms with Gasteiger partial charge in [-0.05, 0) is 62.1 Å². The number of sulfonamides is 1. The van der Waals surface area contributed by atoms with Crippen molar-refractivity contribution >= 4 is 42.6 Å². The fourth-order valence-electron chi connectivity index (χ4n) is 4.29. The van der Waals surface area contributed by atoms with Gasteiger partial charge in [0.15, 0.2) is 5.13 Å². The third-order valence-electron chi connectivity index (χ3n) is 6.35. The predicted molar refractivity (Wildman–Crippen MR) is 141 cm³/mol. The van der Waals surface area contributed by atoms with E-state index in [9.17, 15) is 13.2 Å². The lowest BCUT2D eigenvalue weighted by Crippen LogP contribution is -2.37. The van der Waals surface area contributed by atoms with Crippen LogP contribution in [0.15, 0.2) is 47.4 Å². The Bertz CT molecular complexity index is 1270. The second-order valence-electron chi connectivity index (χ2n) is 8.84. The normalized spacial score (nSPS) is 16.3. The van der Waals surface area contributed by atoms with E-state index in [1.807, 2.05) is 39.0 Å². The highest BCUT2D eigenvalue weighted by atomic mass is 32.2. The number of aryl methyl sites for hydroxylation is 1. The number of carbonyl (C=O) groups excluding carboxylic acids is 1. The summed E-state index contributed by atoms with van der Waals surface area (Å²) in [7, 11) is -3.60. The molecule has 0 radical (unpaired) electrons. The first-order chi connectivity index (χ1) is 16.8. The van der Waals surface area contributed by atoms with E-state index < -0.39 is 10.0 Å². The third kappa shape index (κ3) is 5.58. The number of ether oxygens (including phenoxy) is 1. The van der Waals surface area contributed by atoms with Crippen molar-refractivity contribution in [2.45, 2.75) is 57.5 Å². The summed E-state index contributed by atoms with van der Waals surface area (Å²) in [5.74, 6) is -0.209. The maximum atomic E-state index is 13.7. The molecule has 0 bridgehead atoms. The maximum Gasteiger partial charge on any atom is 0.260 e. The van der Waals surface area contributed by atoms with Crippen molar-refractivity contribution in [1.29, 1.82) is 0 Å². The topological polar surface area (TPSA) is 79.8 Å². The Balaban J connectivity index is 1.63. The van der Waals surface area contributed by atoms with Crippen LogP contribution in [0, 0.1) is 6.92 Å². The molecule has 1 saturated heterocycles. The average Bonchev–Trinajstić information content (AvgIpc) is 3.53. The van der Waals surface area contributed by atoms with E-state index in [-0.39, 0.29) is 16.9 Å². The Labute approximate surface area is 211 Å². The number of unbranched alkanes of at least 4 members (excludes halogenated alkanes) is 1. The highest BCUT2D eigenvalue weighted by Crippen LogP contribution is 2.32. The molecule has 188 valence electrons. The zero-order chi connectivity index (χ0) is 25.0. The Kier molecular flexibility index (Phi) is 8.21. The van der Waals surface area contributed by atoms with Gasteiger partial charge in [0.05, 0.1) is 27.8 Å². The number of benzene rings is 2. The molecule has 0 N–H and O–H groups in total. The van der Waals surface area contributed by atoms with Gasteiger partial charge in [-0.1, -0.05) is 43.7 Å². The quantitative estimate of drug-likeness (QED) is 0.369. The van der Waals surface area contributed by atoms with Gasteiger partial charge in [-0.2, -0.15) is 4.31 Å². The number of hydrogen-bond donors (Lipinski definition) is 0. The van der Waals surface area contributed by atoms with E-state index in [1.165, 1.54) is 27.8 Å². The lowest BCUT2D eigenvalue weighted by molar-refractivity contribution is 0.0917. The third-order valence-corrected chi connectivity index (χ3v) is 9.38. The summed E-state index contributed by atoms with van der Waals surface area (Å²) in [4.78, 5) is 20.3. The minimum absolute atomic E-state index is 0.0385. The molecule has 7 nitrogen and oxygen atoms in total. The summed E-state index contributed by atoms with van der Waals surface area (Å²) in [5, 5.41) is 0.628. The van der Waals surface area contributed by atoms with Gasteiger partial charge < -0.3 is 4.74 Å². The second kappa shape index (κ2) is 11.2. The molecule has 0 spiro atoms. The number of fused-ring (bicyclic) bond motifs is 1. The van der Waals surface area contributed by atoms with Crippen LogP contribution < -0.4 is 4.90 Å². The molecule has 1 aliphatic rings. The van der Waals surface area contributed by atoms with Crippen LogP contribution in [0.2, 0.25) is 0 Å². The van der Waals surface area contributed by atoms with E-state index >= 15 is 0 Å². The lowest BCUT2D eigenvalue weighted by atomic mass is 10.2. The van der Waals surface area contributed by atoms with Gasteiger partial charge in [0, 0.05) is 25.3 Å². The van der Waals surface area contributed by atoms with Crippen molar-refractivity contribution in [3.8, 4) is 0 Å². The van der Waals surface area contributed by atoms with E-state index in [2.05, 4.69) is 0 Å². The zero-order valence-electron chi connectivity index (χ0n) is 20.6. The molecule has 1 amide bonds. The minimum Gasteiger partial charge on any atom is -0.376 e. The van der Waals surface area contributed by atoms with Crippen molar-refractivity contribution in [1.82, 2.24) is 9.29 Å². The number of carbonyl (C=O) groups is 1. The molecule has 1 aliphatic heterocycles. The lowest BCUT2D eigenvalue weighted by Gasteiger charge is -2.23. The van der Waals surface area contributed by atoms with Crippen LogP contribution in [0.1, 0.15) is 55.5 Å². The van der Waals surface area contributed by atoms with Crippen LogP contribution in [0.5, 0.6) is 0 Å². The SMILES string of the molecule is CCCCN(CC)S(=O)(=O)c1ccc(C(=O)N(CC2CCCO2)c2nc3c(C)cccc3s2)cc1. The van der Waals surface area contributed by atoms with E-state index in [1.54, 1.807) is 17.0 Å². The molecule has 1 aromatic heterocycles. The van der Waals surface area contributed by atoms with Crippen LogP contribution in [-0.2, 0) is 14.8 Å². The van der Waals surface area contributed by atoms with Gasteiger partial charge in [0.25, 0.3) is 5.91 Å². The van der Waals surface area contributed by atoms with Gasteiger partial charge in [0.2, 0.25) is 10.0 Å². The first kappa shape index (κ1) is 25.8. The van der Waals surface area contributed by atoms with Gasteiger partial charge in [-0.15, -0.1) is 0 Å². The highest BCUT2D eigenvalue weighted by molar-refractivity contribution is 7.89. The largest absolute Gasteiger partial charge is 0.376 e. The van der Waals surface area contributed by atoms with Crippen LogP contribution in [0.25, 0.3) is 10.2 Å². The van der Waals surface area contributed by atoms with E-state index in [4.69, 9.17) is 9.72 Å². The summed E-state index contributed by atoms with van der Waals surface area (Å²) in [6, 6.07) is 12.3. The van der Waals surface area contributed by atoms with Crippen molar-refractivity contribution in [3.05, 3.63) is 53.6 Å². The van der Waals surface area contributed by atoms with Gasteiger partial charge >= 0.3 is 0 Å². The number of aromatic nitrogens is 1. The first-order valence-electron chi connectivity index (χ1n) is 12.2. The fourth-order valence-corrected chi connectivity index (χ4v) is 6.83. The molecule has 1 unspecified atom stereocenters. The summed E-state index contributed by atoms with van der Waals surface area (Å²) in [6.07, 6.45) is 3.57. The summed E-state index contributed by atoms with van der Waals surface area (Å²) >= 11 is 1.48. The number of hydrogen-bond acceptors (Lipinski definition) is 6. The number of para-hydroxylation sites is 1. The molecule has 2 heterocycles. The van der Waals surface area contributed by atoms with Crippen molar-refractivity contribution in [2.24, 2.45) is 0 Å². The standard InChI is InChI=1S/C26H33N3O4S2/c1-4-6-16-28(5-2)35(31,32)22-14-12-20(13-15-22)25(30)29(18-21-10-8-17-33-21)26-27-24-19(3)9-7-11-23(24)34-26/h7,9,11-15,21H,4-6,8,10,16-18H2,1-3H3. The molecule has 4 rings (SSSR count). The average molecular weight is 516 g/mol. The van der Waals surface area contributed by atoms with Crippen molar-refractivity contribution in [2.75, 3.05) is 31.1 Å². The predicted octanol–water partition coefficient (Wildman–Crippen LogP) is 5.24. The Hall–Kier alpha value is -2.33. The molecule has 1 fully saturated rings. The van der Waals surface area contributed by atoms with Crippen LogP contribution in [0.3, 0.4) is 0 Å². The Morgan fingerprint density at radius 3 is 2.57 bits per heavy atom. The van der Waals surface area contributed by atoms with Crippen molar-refractivity contribution < 1.29 is 17.9 Å². The molecule has 9 heteroatoms. The molecule has 35 heavy (non-hydrogen) atoms. The number of thiazole rings is 1. The highest BCUT2D eigenvalue weighted by Gasteiger charge is 2.28. The second-order valence-corrected chi connectivity index (χ2v) is 11.8. The van der Waals surface area contributed by atoms with Gasteiger partial charge in [-0.25, -0.2) is 13.4 Å². The molecular formula is C26H33N3O4S2. The zero-order valence-corrected chi connectivity index (χ0v) is 22.2. The molecule has 0 aliphatic carbocycles.